The zero-order valence-corrected chi connectivity index (χ0v) is 17.7. The summed E-state index contributed by atoms with van der Waals surface area (Å²) in [6, 6.07) is 13.7. The molecule has 0 radical (unpaired) electrons. The van der Waals surface area contributed by atoms with Gasteiger partial charge in [0, 0.05) is 42.8 Å². The predicted octanol–water partition coefficient (Wildman–Crippen LogP) is 3.29. The van der Waals surface area contributed by atoms with Gasteiger partial charge < -0.3 is 9.64 Å². The van der Waals surface area contributed by atoms with Crippen molar-refractivity contribution in [3.05, 3.63) is 65.2 Å². The highest BCUT2D eigenvalue weighted by Crippen LogP contribution is 2.22. The summed E-state index contributed by atoms with van der Waals surface area (Å²) in [4.78, 5) is 14.3. The summed E-state index contributed by atoms with van der Waals surface area (Å²) >= 11 is 5.92. The van der Waals surface area contributed by atoms with E-state index in [0.29, 0.717) is 24.7 Å². The lowest BCUT2D eigenvalue weighted by molar-refractivity contribution is -0.127. The van der Waals surface area contributed by atoms with Gasteiger partial charge in [-0.25, -0.2) is 8.42 Å². The molecule has 1 heterocycles. The second kappa shape index (κ2) is 9.43. The van der Waals surface area contributed by atoms with Crippen molar-refractivity contribution < 1.29 is 17.9 Å². The van der Waals surface area contributed by atoms with Gasteiger partial charge in [-0.2, -0.15) is 4.31 Å². The molecule has 1 aliphatic rings. The van der Waals surface area contributed by atoms with Crippen molar-refractivity contribution >= 4 is 33.6 Å². The Labute approximate surface area is 176 Å². The van der Waals surface area contributed by atoms with Crippen LogP contribution in [0.5, 0.6) is 5.75 Å². The van der Waals surface area contributed by atoms with Crippen LogP contribution >= 0.6 is 11.6 Å². The molecule has 1 amide bonds. The summed E-state index contributed by atoms with van der Waals surface area (Å²) in [5, 5.41) is 0.373. The van der Waals surface area contributed by atoms with E-state index in [9.17, 15) is 13.2 Å². The molecule has 6 nitrogen and oxygen atoms in total. The molecule has 0 aliphatic carbocycles. The maximum absolute atomic E-state index is 12.8. The molecule has 0 atom stereocenters. The normalized spacial score (nSPS) is 15.6. The van der Waals surface area contributed by atoms with Crippen LogP contribution in [0.1, 0.15) is 12.5 Å². The van der Waals surface area contributed by atoms with Crippen LogP contribution in [-0.4, -0.2) is 56.3 Å². The van der Waals surface area contributed by atoms with Crippen molar-refractivity contribution in [2.24, 2.45) is 0 Å². The Kier molecular flexibility index (Phi) is 6.95. The maximum Gasteiger partial charge on any atom is 0.246 e. The van der Waals surface area contributed by atoms with Gasteiger partial charge in [-0.15, -0.1) is 0 Å². The van der Waals surface area contributed by atoms with Gasteiger partial charge in [0.25, 0.3) is 0 Å². The fraction of sp³-hybridized carbons (Fsp3) is 0.286. The molecule has 2 aromatic carbocycles. The van der Waals surface area contributed by atoms with E-state index in [0.717, 1.165) is 11.3 Å². The van der Waals surface area contributed by atoms with Crippen molar-refractivity contribution in [2.45, 2.75) is 11.8 Å². The molecule has 0 unspecified atom stereocenters. The number of carbonyl (C=O) groups is 1. The molecule has 0 spiro atoms. The third-order valence-corrected chi connectivity index (χ3v) is 6.74. The molecule has 0 bridgehead atoms. The van der Waals surface area contributed by atoms with Gasteiger partial charge in [-0.3, -0.25) is 4.79 Å². The lowest BCUT2D eigenvalue weighted by atomic mass is 10.2. The second-order valence-electron chi connectivity index (χ2n) is 6.49. The highest BCUT2D eigenvalue weighted by molar-refractivity contribution is 7.89. The third kappa shape index (κ3) is 5.18. The van der Waals surface area contributed by atoms with Crippen molar-refractivity contribution in [1.82, 2.24) is 9.21 Å². The topological polar surface area (TPSA) is 66.9 Å². The van der Waals surface area contributed by atoms with Crippen LogP contribution in [-0.2, 0) is 14.8 Å². The summed E-state index contributed by atoms with van der Waals surface area (Å²) in [6.45, 7) is 3.59. The molecular weight excluding hydrogens is 412 g/mol. The van der Waals surface area contributed by atoms with Crippen LogP contribution in [0.2, 0.25) is 5.02 Å². The van der Waals surface area contributed by atoms with E-state index in [1.165, 1.54) is 22.5 Å². The quantitative estimate of drug-likeness (QED) is 0.654. The van der Waals surface area contributed by atoms with E-state index in [4.69, 9.17) is 16.3 Å². The molecule has 0 saturated carbocycles. The predicted molar refractivity (Wildman–Crippen MR) is 113 cm³/mol. The molecular formula is C21H23ClN2O4S. The van der Waals surface area contributed by atoms with Gasteiger partial charge in [0.05, 0.1) is 11.5 Å². The number of para-hydroxylation sites is 1. The third-order valence-electron chi connectivity index (χ3n) is 4.61. The largest absolute Gasteiger partial charge is 0.493 e. The first kappa shape index (κ1) is 21.4. The number of carbonyl (C=O) groups excluding carboxylic acids is 1. The highest BCUT2D eigenvalue weighted by Gasteiger charge is 2.29. The number of amides is 1. The molecule has 1 aliphatic heterocycles. The fourth-order valence-corrected chi connectivity index (χ4v) is 4.82. The van der Waals surface area contributed by atoms with Gasteiger partial charge in [-0.1, -0.05) is 35.9 Å². The number of hydrogen-bond acceptors (Lipinski definition) is 4. The monoisotopic (exact) mass is 434 g/mol. The van der Waals surface area contributed by atoms with E-state index in [2.05, 4.69) is 0 Å². The average molecular weight is 435 g/mol. The number of halogens is 1. The Morgan fingerprint density at radius 2 is 1.83 bits per heavy atom. The van der Waals surface area contributed by atoms with Crippen LogP contribution in [0.15, 0.2) is 59.5 Å². The molecule has 1 saturated heterocycles. The van der Waals surface area contributed by atoms with Crippen LogP contribution in [0.3, 0.4) is 0 Å². The highest BCUT2D eigenvalue weighted by atomic mass is 35.5. The minimum Gasteiger partial charge on any atom is -0.493 e. The Morgan fingerprint density at radius 3 is 2.52 bits per heavy atom. The molecule has 154 valence electrons. The van der Waals surface area contributed by atoms with E-state index in [1.54, 1.807) is 23.1 Å². The molecule has 0 N–H and O–H groups in total. The summed E-state index contributed by atoms with van der Waals surface area (Å²) in [7, 11) is -3.62. The second-order valence-corrected chi connectivity index (χ2v) is 8.87. The standard InChI is InChI=1S/C21H23ClN2O4S/c1-2-28-20-9-4-3-6-17(20)10-11-21(25)23-12-14-24(15-13-23)29(26,27)19-8-5-7-18(22)16-19/h3-11,16H,2,12-15H2,1H3/b11-10+. The van der Waals surface area contributed by atoms with Crippen LogP contribution in [0.4, 0.5) is 0 Å². The molecule has 8 heteroatoms. The molecule has 3 rings (SSSR count). The van der Waals surface area contributed by atoms with Crippen molar-refractivity contribution in [3.63, 3.8) is 0 Å². The Bertz CT molecular complexity index is 999. The Balaban J connectivity index is 1.63. The first-order chi connectivity index (χ1) is 13.9. The van der Waals surface area contributed by atoms with Gasteiger partial charge in [0.2, 0.25) is 15.9 Å². The van der Waals surface area contributed by atoms with Crippen molar-refractivity contribution in [3.8, 4) is 5.75 Å². The zero-order chi connectivity index (χ0) is 20.9. The minimum atomic E-state index is -3.62. The molecule has 2 aromatic rings. The smallest absolute Gasteiger partial charge is 0.246 e. The van der Waals surface area contributed by atoms with Crippen LogP contribution < -0.4 is 4.74 Å². The fourth-order valence-electron chi connectivity index (χ4n) is 3.10. The number of rotatable bonds is 6. The SMILES string of the molecule is CCOc1ccccc1/C=C/C(=O)N1CCN(S(=O)(=O)c2cccc(Cl)c2)CC1. The lowest BCUT2D eigenvalue weighted by Gasteiger charge is -2.33. The number of ether oxygens (including phenoxy) is 1. The summed E-state index contributed by atoms with van der Waals surface area (Å²) in [5.74, 6) is 0.563. The van der Waals surface area contributed by atoms with E-state index in [-0.39, 0.29) is 23.9 Å². The molecule has 0 aromatic heterocycles. The minimum absolute atomic E-state index is 0.156. The van der Waals surface area contributed by atoms with Gasteiger partial charge in [0.1, 0.15) is 5.75 Å². The zero-order valence-electron chi connectivity index (χ0n) is 16.1. The first-order valence-corrected chi connectivity index (χ1v) is 11.2. The molecule has 29 heavy (non-hydrogen) atoms. The van der Waals surface area contributed by atoms with Crippen LogP contribution in [0.25, 0.3) is 6.08 Å². The Morgan fingerprint density at radius 1 is 1.10 bits per heavy atom. The number of sulfonamides is 1. The average Bonchev–Trinajstić information content (AvgIpc) is 2.73. The number of nitrogens with zero attached hydrogens (tertiary/aromatic N) is 2. The number of benzene rings is 2. The number of hydrogen-bond donors (Lipinski definition) is 0. The van der Waals surface area contributed by atoms with Crippen molar-refractivity contribution in [2.75, 3.05) is 32.8 Å². The maximum atomic E-state index is 12.8. The van der Waals surface area contributed by atoms with Gasteiger partial charge >= 0.3 is 0 Å². The van der Waals surface area contributed by atoms with Gasteiger partial charge in [0.15, 0.2) is 0 Å². The Hall–Kier alpha value is -2.35. The lowest BCUT2D eigenvalue weighted by Crippen LogP contribution is -2.50. The van der Waals surface area contributed by atoms with Crippen molar-refractivity contribution in [1.29, 1.82) is 0 Å². The summed E-state index contributed by atoms with van der Waals surface area (Å²) < 4.78 is 32.5. The molecule has 1 fully saturated rings. The summed E-state index contributed by atoms with van der Waals surface area (Å²) in [6.07, 6.45) is 3.22. The first-order valence-electron chi connectivity index (χ1n) is 9.36. The summed E-state index contributed by atoms with van der Waals surface area (Å²) in [5.41, 5.74) is 0.824. The van der Waals surface area contributed by atoms with E-state index >= 15 is 0 Å². The van der Waals surface area contributed by atoms with Gasteiger partial charge in [-0.05, 0) is 37.3 Å². The van der Waals surface area contributed by atoms with E-state index < -0.39 is 10.0 Å². The number of piperazine rings is 1. The van der Waals surface area contributed by atoms with Crippen LogP contribution in [0, 0.1) is 0 Å². The van der Waals surface area contributed by atoms with E-state index in [1.807, 2.05) is 31.2 Å².